The molecule has 0 aliphatic heterocycles. The summed E-state index contributed by atoms with van der Waals surface area (Å²) in [5, 5.41) is 18.7. The minimum atomic E-state index is -1.02. The molecule has 0 aliphatic carbocycles. The minimum absolute atomic E-state index is 0. The van der Waals surface area contributed by atoms with Gasteiger partial charge in [0.25, 0.3) is 0 Å². The van der Waals surface area contributed by atoms with Crippen LogP contribution in [0.2, 0.25) is 0 Å². The maximum Gasteiger partial charge on any atom is 0.469 e. The quantitative estimate of drug-likeness (QED) is 0.570. The first-order valence-corrected chi connectivity index (χ1v) is 3.99. The van der Waals surface area contributed by atoms with Crippen molar-refractivity contribution in [1.82, 2.24) is 0 Å². The number of rotatable bonds is 4. The van der Waals surface area contributed by atoms with Gasteiger partial charge in [-0.25, -0.2) is 0 Å². The van der Waals surface area contributed by atoms with Crippen LogP contribution in [0.1, 0.15) is 27.7 Å². The molecule has 0 radical (unpaired) electrons. The molecule has 0 rings (SSSR count). The van der Waals surface area contributed by atoms with E-state index in [-0.39, 0.29) is 18.9 Å². The minimum Gasteiger partial charge on any atom is -0.426 e. The van der Waals surface area contributed by atoms with Crippen LogP contribution in [0.25, 0.3) is 0 Å². The molecule has 0 fully saturated rings. The molecule has 0 saturated heterocycles. The Labute approximate surface area is 86.0 Å². The zero-order valence-electron chi connectivity index (χ0n) is 8.57. The van der Waals surface area contributed by atoms with E-state index < -0.39 is 18.3 Å². The van der Waals surface area contributed by atoms with E-state index in [4.69, 9.17) is 15.4 Å². The predicted octanol–water partition coefficient (Wildman–Crippen LogP) is -0.0473. The van der Waals surface area contributed by atoms with Gasteiger partial charge in [0, 0.05) is 6.44 Å². The molecule has 0 aliphatic rings. The lowest BCUT2D eigenvalue weighted by atomic mass is 9.83. The first kappa shape index (κ1) is 15.7. The highest BCUT2D eigenvalue weighted by molar-refractivity contribution is 6.43. The van der Waals surface area contributed by atoms with E-state index in [9.17, 15) is 5.11 Å². The second-order valence-electron chi connectivity index (χ2n) is 3.88. The highest BCUT2D eigenvalue weighted by atomic mass is 35.5. The second kappa shape index (κ2) is 5.17. The molecule has 80 valence electrons. The first-order chi connectivity index (χ1) is 5.20. The first-order valence-electron chi connectivity index (χ1n) is 3.99. The standard InChI is InChI=1S/C7H18BNO3.ClH/c1-6(2,10)7(3,4)12-8(11)5-9;/h10-11H,5,9H2,1-4H3;1H. The Hall–Kier alpha value is 0.195. The summed E-state index contributed by atoms with van der Waals surface area (Å²) < 4.78 is 5.13. The van der Waals surface area contributed by atoms with Crippen molar-refractivity contribution in [3.63, 3.8) is 0 Å². The smallest absolute Gasteiger partial charge is 0.426 e. The SMILES string of the molecule is CC(C)(O)C(C)(C)OB(O)CN.Cl. The predicted molar refractivity (Wildman–Crippen MR) is 55.7 cm³/mol. The Morgan fingerprint density at radius 2 is 1.69 bits per heavy atom. The summed E-state index contributed by atoms with van der Waals surface area (Å²) in [6.45, 7) is 6.64. The Morgan fingerprint density at radius 3 is 1.92 bits per heavy atom. The van der Waals surface area contributed by atoms with Crippen LogP contribution in [0.15, 0.2) is 0 Å². The molecule has 6 heteroatoms. The monoisotopic (exact) mass is 211 g/mol. The Bertz CT molecular complexity index is 149. The van der Waals surface area contributed by atoms with Crippen LogP contribution in [0.3, 0.4) is 0 Å². The molecular formula is C7H19BClNO3. The third-order valence-electron chi connectivity index (χ3n) is 2.11. The van der Waals surface area contributed by atoms with Crippen molar-refractivity contribution in [2.75, 3.05) is 6.44 Å². The summed E-state index contributed by atoms with van der Waals surface area (Å²) in [5.74, 6) is 0. The van der Waals surface area contributed by atoms with Crippen LogP contribution in [0, 0.1) is 0 Å². The summed E-state index contributed by atoms with van der Waals surface area (Å²) in [7, 11) is -1.02. The third kappa shape index (κ3) is 4.83. The van der Waals surface area contributed by atoms with Crippen LogP contribution in [0.5, 0.6) is 0 Å². The fourth-order valence-electron chi connectivity index (χ4n) is 0.532. The van der Waals surface area contributed by atoms with Crippen molar-refractivity contribution in [2.45, 2.75) is 38.9 Å². The lowest BCUT2D eigenvalue weighted by Gasteiger charge is -2.38. The molecule has 13 heavy (non-hydrogen) atoms. The summed E-state index contributed by atoms with van der Waals surface area (Å²) in [4.78, 5) is 0. The number of aliphatic hydroxyl groups is 1. The van der Waals surface area contributed by atoms with Crippen LogP contribution < -0.4 is 5.73 Å². The maximum atomic E-state index is 9.61. The summed E-state index contributed by atoms with van der Waals surface area (Å²) in [6.07, 6.45) is 0.0273. The number of halogens is 1. The fraction of sp³-hybridized carbons (Fsp3) is 1.00. The molecule has 4 N–H and O–H groups in total. The van der Waals surface area contributed by atoms with Gasteiger partial charge in [-0.05, 0) is 27.7 Å². The number of nitrogens with two attached hydrogens (primary N) is 1. The highest BCUT2D eigenvalue weighted by Gasteiger charge is 2.38. The van der Waals surface area contributed by atoms with Gasteiger partial charge in [-0.3, -0.25) is 0 Å². The normalized spacial score (nSPS) is 12.2. The maximum absolute atomic E-state index is 9.61. The lowest BCUT2D eigenvalue weighted by Crippen LogP contribution is -2.51. The van der Waals surface area contributed by atoms with Crippen LogP contribution in [0.4, 0.5) is 0 Å². The molecule has 0 aromatic heterocycles. The zero-order valence-corrected chi connectivity index (χ0v) is 9.39. The van der Waals surface area contributed by atoms with Gasteiger partial charge in [0.05, 0.1) is 11.2 Å². The average molecular weight is 211 g/mol. The van der Waals surface area contributed by atoms with E-state index >= 15 is 0 Å². The molecule has 0 unspecified atom stereocenters. The van der Waals surface area contributed by atoms with E-state index in [1.165, 1.54) is 0 Å². The molecule has 0 atom stereocenters. The van der Waals surface area contributed by atoms with Gasteiger partial charge < -0.3 is 20.5 Å². The average Bonchev–Trinajstić information content (AvgIpc) is 1.84. The molecule has 0 bridgehead atoms. The molecule has 0 saturated carbocycles. The van der Waals surface area contributed by atoms with E-state index in [0.29, 0.717) is 0 Å². The van der Waals surface area contributed by atoms with Gasteiger partial charge in [-0.15, -0.1) is 12.4 Å². The van der Waals surface area contributed by atoms with Crippen molar-refractivity contribution in [3.8, 4) is 0 Å². The van der Waals surface area contributed by atoms with Gasteiger partial charge in [0.1, 0.15) is 0 Å². The van der Waals surface area contributed by atoms with Gasteiger partial charge in [0.15, 0.2) is 0 Å². The van der Waals surface area contributed by atoms with E-state index in [1.54, 1.807) is 27.7 Å². The molecule has 0 aromatic rings. The number of hydrogen-bond acceptors (Lipinski definition) is 4. The van der Waals surface area contributed by atoms with Crippen molar-refractivity contribution in [3.05, 3.63) is 0 Å². The van der Waals surface area contributed by atoms with Crippen molar-refractivity contribution < 1.29 is 14.8 Å². The number of hydrogen-bond donors (Lipinski definition) is 3. The lowest BCUT2D eigenvalue weighted by molar-refractivity contribution is -0.0998. The highest BCUT2D eigenvalue weighted by Crippen LogP contribution is 2.24. The van der Waals surface area contributed by atoms with E-state index in [2.05, 4.69) is 0 Å². The van der Waals surface area contributed by atoms with Crippen LogP contribution in [-0.4, -0.2) is 34.9 Å². The van der Waals surface area contributed by atoms with E-state index in [0.717, 1.165) is 0 Å². The zero-order chi connectivity index (χ0) is 9.99. The van der Waals surface area contributed by atoms with Crippen molar-refractivity contribution in [2.24, 2.45) is 5.73 Å². The van der Waals surface area contributed by atoms with Crippen LogP contribution >= 0.6 is 12.4 Å². The van der Waals surface area contributed by atoms with Gasteiger partial charge >= 0.3 is 7.12 Å². The van der Waals surface area contributed by atoms with Crippen LogP contribution in [-0.2, 0) is 4.65 Å². The topological polar surface area (TPSA) is 75.7 Å². The molecular weight excluding hydrogens is 192 g/mol. The fourth-order valence-corrected chi connectivity index (χ4v) is 0.532. The third-order valence-corrected chi connectivity index (χ3v) is 2.11. The largest absolute Gasteiger partial charge is 0.469 e. The molecule has 0 spiro atoms. The Kier molecular flexibility index (Phi) is 6.23. The summed E-state index contributed by atoms with van der Waals surface area (Å²) >= 11 is 0. The van der Waals surface area contributed by atoms with Gasteiger partial charge in [-0.1, -0.05) is 0 Å². The summed E-state index contributed by atoms with van der Waals surface area (Å²) in [5.41, 5.74) is 3.34. The molecule has 0 amide bonds. The van der Waals surface area contributed by atoms with Crippen molar-refractivity contribution >= 4 is 19.5 Å². The van der Waals surface area contributed by atoms with E-state index in [1.807, 2.05) is 0 Å². The van der Waals surface area contributed by atoms with Gasteiger partial charge in [-0.2, -0.15) is 0 Å². The Balaban J connectivity index is 0. The molecule has 4 nitrogen and oxygen atoms in total. The Morgan fingerprint density at radius 1 is 1.31 bits per heavy atom. The molecule has 0 aromatic carbocycles. The summed E-state index contributed by atoms with van der Waals surface area (Å²) in [6, 6.07) is 0. The van der Waals surface area contributed by atoms with Crippen molar-refractivity contribution in [1.29, 1.82) is 0 Å². The van der Waals surface area contributed by atoms with Gasteiger partial charge in [0.2, 0.25) is 0 Å². The second-order valence-corrected chi connectivity index (χ2v) is 3.88. The molecule has 0 heterocycles.